The summed E-state index contributed by atoms with van der Waals surface area (Å²) >= 11 is 0. The molecule has 1 fully saturated rings. The molecule has 0 aliphatic carbocycles. The van der Waals surface area contributed by atoms with Gasteiger partial charge in [0.05, 0.1) is 6.61 Å². The van der Waals surface area contributed by atoms with Crippen LogP contribution in [-0.2, 0) is 9.53 Å². The Bertz CT molecular complexity index is 282. The van der Waals surface area contributed by atoms with Crippen molar-refractivity contribution in [1.29, 1.82) is 0 Å². The van der Waals surface area contributed by atoms with Gasteiger partial charge in [-0.15, -0.1) is 0 Å². The number of ether oxygens (including phenoxy) is 1. The Morgan fingerprint density at radius 2 is 1.88 bits per heavy atom. The summed E-state index contributed by atoms with van der Waals surface area (Å²) in [5, 5.41) is 47.7. The smallest absolute Gasteiger partial charge is 0.184 e. The second-order valence-electron chi connectivity index (χ2n) is 4.14. The van der Waals surface area contributed by atoms with Crippen LogP contribution in [0.2, 0.25) is 0 Å². The number of carbonyl (C=O) groups excluding carboxylic acids is 1. The van der Waals surface area contributed by atoms with Gasteiger partial charge in [0.15, 0.2) is 17.7 Å². The lowest BCUT2D eigenvalue weighted by molar-refractivity contribution is -0.311. The fourth-order valence-corrected chi connectivity index (χ4v) is 1.90. The van der Waals surface area contributed by atoms with Crippen molar-refractivity contribution in [3.63, 3.8) is 0 Å². The molecule has 0 saturated carbocycles. The molecule has 1 rings (SSSR count). The van der Waals surface area contributed by atoms with Crippen LogP contribution in [0.1, 0.15) is 19.8 Å². The summed E-state index contributed by atoms with van der Waals surface area (Å²) < 4.78 is 4.68. The van der Waals surface area contributed by atoms with E-state index in [1.165, 1.54) is 0 Å². The minimum atomic E-state index is -2.51. The van der Waals surface area contributed by atoms with Crippen LogP contribution in [0.5, 0.6) is 0 Å². The third-order valence-electron chi connectivity index (χ3n) is 2.94. The van der Waals surface area contributed by atoms with Crippen molar-refractivity contribution in [3.8, 4) is 0 Å². The second-order valence-corrected chi connectivity index (χ2v) is 4.14. The Morgan fingerprint density at radius 3 is 2.35 bits per heavy atom. The lowest BCUT2D eigenvalue weighted by Crippen LogP contribution is -2.70. The number of ketones is 1. The van der Waals surface area contributed by atoms with Crippen LogP contribution in [0.4, 0.5) is 0 Å². The van der Waals surface area contributed by atoms with Crippen molar-refractivity contribution in [2.24, 2.45) is 0 Å². The number of carbonyl (C=O) groups is 1. The maximum absolute atomic E-state index is 11.7. The highest BCUT2D eigenvalue weighted by Crippen LogP contribution is 2.31. The highest BCUT2D eigenvalue weighted by atomic mass is 16.6. The first kappa shape index (κ1) is 14.5. The largest absolute Gasteiger partial charge is 0.394 e. The molecule has 1 saturated heterocycles. The summed E-state index contributed by atoms with van der Waals surface area (Å²) in [6.07, 6.45) is -6.53. The SMILES string of the molecule is CCCC(=O)[C@]1(O)[C@H](O)[C@@H](CO)O[C@@H](O)[C@@H]1O. The quantitative estimate of drug-likeness (QED) is 0.373. The van der Waals surface area contributed by atoms with E-state index in [0.29, 0.717) is 6.42 Å². The molecule has 0 amide bonds. The van der Waals surface area contributed by atoms with E-state index < -0.39 is 42.6 Å². The third-order valence-corrected chi connectivity index (χ3v) is 2.94. The predicted octanol–water partition coefficient (Wildman–Crippen LogP) is -2.48. The molecule has 0 spiro atoms. The second kappa shape index (κ2) is 5.38. The van der Waals surface area contributed by atoms with Crippen LogP contribution in [0.15, 0.2) is 0 Å². The first-order valence-electron chi connectivity index (χ1n) is 5.45. The van der Waals surface area contributed by atoms with E-state index >= 15 is 0 Å². The van der Waals surface area contributed by atoms with Gasteiger partial charge in [-0.25, -0.2) is 0 Å². The molecule has 0 aromatic carbocycles. The minimum absolute atomic E-state index is 0.0600. The molecule has 0 aromatic rings. The van der Waals surface area contributed by atoms with E-state index in [0.717, 1.165) is 0 Å². The fraction of sp³-hybridized carbons (Fsp3) is 0.900. The average molecular weight is 250 g/mol. The van der Waals surface area contributed by atoms with Gasteiger partial charge < -0.3 is 30.3 Å². The Kier molecular flexibility index (Phi) is 4.59. The molecule has 0 radical (unpaired) electrons. The van der Waals surface area contributed by atoms with E-state index in [-0.39, 0.29) is 6.42 Å². The van der Waals surface area contributed by atoms with Crippen LogP contribution in [0.3, 0.4) is 0 Å². The molecule has 0 unspecified atom stereocenters. The standard InChI is InChI=1S/C10H18O7/c1-2-3-6(12)10(16)7(13)5(4-11)17-9(15)8(10)14/h5,7-9,11,13-16H,2-4H2,1H3/t5-,7-,8+,9-,10+/m1/s1. The van der Waals surface area contributed by atoms with Crippen molar-refractivity contribution < 1.29 is 35.1 Å². The molecule has 1 aliphatic heterocycles. The lowest BCUT2D eigenvalue weighted by atomic mass is 9.79. The molecule has 0 aromatic heterocycles. The van der Waals surface area contributed by atoms with E-state index in [2.05, 4.69) is 4.74 Å². The van der Waals surface area contributed by atoms with Gasteiger partial charge in [0.1, 0.15) is 18.3 Å². The zero-order valence-electron chi connectivity index (χ0n) is 9.48. The van der Waals surface area contributed by atoms with Gasteiger partial charge in [0.25, 0.3) is 0 Å². The van der Waals surface area contributed by atoms with Gasteiger partial charge in [0, 0.05) is 6.42 Å². The first-order chi connectivity index (χ1) is 7.89. The van der Waals surface area contributed by atoms with E-state index in [1.807, 2.05) is 0 Å². The van der Waals surface area contributed by atoms with Gasteiger partial charge in [-0.05, 0) is 6.42 Å². The van der Waals surface area contributed by atoms with E-state index in [9.17, 15) is 25.2 Å². The van der Waals surface area contributed by atoms with Crippen LogP contribution in [-0.4, -0.2) is 68.1 Å². The number of rotatable bonds is 4. The van der Waals surface area contributed by atoms with Crippen LogP contribution in [0, 0.1) is 0 Å². The minimum Gasteiger partial charge on any atom is -0.394 e. The Morgan fingerprint density at radius 1 is 1.29 bits per heavy atom. The van der Waals surface area contributed by atoms with E-state index in [4.69, 9.17) is 5.11 Å². The Hall–Kier alpha value is -0.570. The predicted molar refractivity (Wildman–Crippen MR) is 54.8 cm³/mol. The number of aliphatic hydroxyl groups is 5. The maximum atomic E-state index is 11.7. The van der Waals surface area contributed by atoms with Crippen LogP contribution in [0.25, 0.3) is 0 Å². The first-order valence-corrected chi connectivity index (χ1v) is 5.45. The highest BCUT2D eigenvalue weighted by molar-refractivity contribution is 5.88. The Balaban J connectivity index is 3.02. The van der Waals surface area contributed by atoms with Crippen LogP contribution < -0.4 is 0 Å². The topological polar surface area (TPSA) is 127 Å². The third kappa shape index (κ3) is 2.35. The normalized spacial score (nSPS) is 42.5. The van der Waals surface area contributed by atoms with Crippen molar-refractivity contribution in [1.82, 2.24) is 0 Å². The summed E-state index contributed by atoms with van der Waals surface area (Å²) in [5.74, 6) is -0.791. The summed E-state index contributed by atoms with van der Waals surface area (Å²) in [4.78, 5) is 11.7. The van der Waals surface area contributed by atoms with E-state index in [1.54, 1.807) is 6.92 Å². The van der Waals surface area contributed by atoms with Gasteiger partial charge >= 0.3 is 0 Å². The van der Waals surface area contributed by atoms with Crippen molar-refractivity contribution in [3.05, 3.63) is 0 Å². The average Bonchev–Trinajstić information content (AvgIpc) is 2.31. The summed E-state index contributed by atoms with van der Waals surface area (Å²) in [5.41, 5.74) is -2.51. The number of hydrogen-bond acceptors (Lipinski definition) is 7. The molecule has 17 heavy (non-hydrogen) atoms. The molecule has 7 heteroatoms. The van der Waals surface area contributed by atoms with Gasteiger partial charge in [0.2, 0.25) is 0 Å². The van der Waals surface area contributed by atoms with Crippen molar-refractivity contribution in [2.45, 2.75) is 50.0 Å². The molecule has 100 valence electrons. The summed E-state index contributed by atoms with van der Waals surface area (Å²) in [6.45, 7) is 1.01. The molecule has 5 N–H and O–H groups in total. The molecule has 1 aliphatic rings. The number of aliphatic hydroxyl groups excluding tert-OH is 4. The van der Waals surface area contributed by atoms with Crippen molar-refractivity contribution >= 4 is 5.78 Å². The number of Topliss-reactive ketones (excluding diaryl/α,β-unsaturated/α-hetero) is 1. The molecule has 0 bridgehead atoms. The maximum Gasteiger partial charge on any atom is 0.184 e. The zero-order valence-corrected chi connectivity index (χ0v) is 9.48. The Labute approximate surface area is 98.3 Å². The van der Waals surface area contributed by atoms with Gasteiger partial charge in [-0.3, -0.25) is 4.79 Å². The summed E-state index contributed by atoms with van der Waals surface area (Å²) in [7, 11) is 0. The molecule has 5 atom stereocenters. The lowest BCUT2D eigenvalue weighted by Gasteiger charge is -2.45. The summed E-state index contributed by atoms with van der Waals surface area (Å²) in [6, 6.07) is 0. The number of hydrogen-bond donors (Lipinski definition) is 5. The molecular weight excluding hydrogens is 232 g/mol. The monoisotopic (exact) mass is 250 g/mol. The molecular formula is C10H18O7. The van der Waals surface area contributed by atoms with Gasteiger partial charge in [-0.1, -0.05) is 6.92 Å². The van der Waals surface area contributed by atoms with Crippen LogP contribution >= 0.6 is 0 Å². The molecule has 1 heterocycles. The molecule has 7 nitrogen and oxygen atoms in total. The van der Waals surface area contributed by atoms with Gasteiger partial charge in [-0.2, -0.15) is 0 Å². The fourth-order valence-electron chi connectivity index (χ4n) is 1.90. The zero-order chi connectivity index (χ0) is 13.2. The van der Waals surface area contributed by atoms with Crippen molar-refractivity contribution in [2.75, 3.05) is 6.61 Å². The highest BCUT2D eigenvalue weighted by Gasteiger charge is 2.58.